The van der Waals surface area contributed by atoms with Crippen LogP contribution < -0.4 is 10.6 Å². The van der Waals surface area contributed by atoms with E-state index in [1.54, 1.807) is 5.38 Å². The Kier molecular flexibility index (Phi) is 3.90. The van der Waals surface area contributed by atoms with Crippen LogP contribution in [0.4, 0.5) is 5.13 Å². The van der Waals surface area contributed by atoms with Crippen LogP contribution in [0.2, 0.25) is 0 Å². The predicted octanol–water partition coefficient (Wildman–Crippen LogP) is 3.44. The molecule has 1 aromatic heterocycles. The first-order valence-corrected chi connectivity index (χ1v) is 9.85. The number of anilines is 1. The van der Waals surface area contributed by atoms with E-state index >= 15 is 0 Å². The van der Waals surface area contributed by atoms with Crippen LogP contribution >= 0.6 is 11.3 Å². The molecule has 24 heavy (non-hydrogen) atoms. The molecule has 4 saturated carbocycles. The Morgan fingerprint density at radius 2 is 1.79 bits per heavy atom. The van der Waals surface area contributed by atoms with Crippen LogP contribution in [0.1, 0.15) is 62.9 Å². The SMILES string of the molecule is CC(=O)Nc1nc(C(=O)NC(C)C23CC4CC(CC(C4)C2)C3)cs1. The van der Waals surface area contributed by atoms with E-state index in [2.05, 4.69) is 22.5 Å². The Morgan fingerprint density at radius 1 is 1.21 bits per heavy atom. The monoisotopic (exact) mass is 347 g/mol. The van der Waals surface area contributed by atoms with E-state index in [4.69, 9.17) is 0 Å². The van der Waals surface area contributed by atoms with E-state index < -0.39 is 0 Å². The molecule has 5 nitrogen and oxygen atoms in total. The van der Waals surface area contributed by atoms with Crippen molar-refractivity contribution >= 4 is 28.3 Å². The second-order valence-corrected chi connectivity index (χ2v) is 9.05. The summed E-state index contributed by atoms with van der Waals surface area (Å²) in [4.78, 5) is 27.9. The average Bonchev–Trinajstić information content (AvgIpc) is 2.93. The third-order valence-corrected chi connectivity index (χ3v) is 7.13. The van der Waals surface area contributed by atoms with Crippen molar-refractivity contribution in [1.29, 1.82) is 0 Å². The molecule has 0 aromatic carbocycles. The minimum absolute atomic E-state index is 0.119. The van der Waals surface area contributed by atoms with E-state index in [0.717, 1.165) is 17.8 Å². The molecule has 4 fully saturated rings. The molecule has 1 atom stereocenters. The van der Waals surface area contributed by atoms with Crippen LogP contribution in [0, 0.1) is 23.2 Å². The molecule has 2 N–H and O–H groups in total. The second kappa shape index (κ2) is 5.83. The van der Waals surface area contributed by atoms with Gasteiger partial charge in [0, 0.05) is 18.3 Å². The summed E-state index contributed by atoms with van der Waals surface area (Å²) in [6.07, 6.45) is 8.04. The molecule has 5 rings (SSSR count). The van der Waals surface area contributed by atoms with E-state index in [1.807, 2.05) is 0 Å². The number of thiazole rings is 1. The second-order valence-electron chi connectivity index (χ2n) is 8.19. The van der Waals surface area contributed by atoms with Crippen LogP contribution in [-0.4, -0.2) is 22.8 Å². The minimum Gasteiger partial charge on any atom is -0.348 e. The third kappa shape index (κ3) is 2.85. The van der Waals surface area contributed by atoms with Crippen molar-refractivity contribution in [3.05, 3.63) is 11.1 Å². The first-order valence-electron chi connectivity index (χ1n) is 8.97. The Hall–Kier alpha value is -1.43. The van der Waals surface area contributed by atoms with E-state index in [9.17, 15) is 9.59 Å². The normalized spacial score (nSPS) is 34.8. The predicted molar refractivity (Wildman–Crippen MR) is 94.0 cm³/mol. The average molecular weight is 347 g/mol. The number of rotatable bonds is 4. The summed E-state index contributed by atoms with van der Waals surface area (Å²) in [7, 11) is 0. The summed E-state index contributed by atoms with van der Waals surface area (Å²) in [6.45, 7) is 3.61. The van der Waals surface area contributed by atoms with Crippen molar-refractivity contribution < 1.29 is 9.59 Å². The lowest BCUT2D eigenvalue weighted by Gasteiger charge is -2.59. The Labute approximate surface area is 146 Å². The highest BCUT2D eigenvalue weighted by Gasteiger charge is 2.53. The molecule has 4 aliphatic rings. The molecule has 4 bridgehead atoms. The molecule has 1 heterocycles. The number of carbonyl (C=O) groups is 2. The summed E-state index contributed by atoms with van der Waals surface area (Å²) >= 11 is 1.29. The molecule has 0 saturated heterocycles. The molecular weight excluding hydrogens is 322 g/mol. The Bertz CT molecular complexity index is 634. The molecule has 0 aliphatic heterocycles. The topological polar surface area (TPSA) is 71.1 Å². The summed E-state index contributed by atoms with van der Waals surface area (Å²) < 4.78 is 0. The molecule has 0 spiro atoms. The maximum Gasteiger partial charge on any atom is 0.271 e. The van der Waals surface area contributed by atoms with Gasteiger partial charge in [-0.25, -0.2) is 4.98 Å². The molecule has 130 valence electrons. The quantitative estimate of drug-likeness (QED) is 0.876. The van der Waals surface area contributed by atoms with Gasteiger partial charge >= 0.3 is 0 Å². The van der Waals surface area contributed by atoms with E-state index in [1.165, 1.54) is 56.8 Å². The Morgan fingerprint density at radius 3 is 2.33 bits per heavy atom. The van der Waals surface area contributed by atoms with Gasteiger partial charge in [0.2, 0.25) is 5.91 Å². The van der Waals surface area contributed by atoms with Gasteiger partial charge in [0.1, 0.15) is 5.69 Å². The van der Waals surface area contributed by atoms with Gasteiger partial charge in [-0.1, -0.05) is 0 Å². The number of aromatic nitrogens is 1. The standard InChI is InChI=1S/C18H25N3O2S/c1-10(18-6-12-3-13(7-18)5-14(4-12)8-18)19-16(23)15-9-24-17(21-15)20-11(2)22/h9-10,12-14H,3-8H2,1-2H3,(H,19,23)(H,20,21,22). The van der Waals surface area contributed by atoms with Crippen molar-refractivity contribution in [2.75, 3.05) is 5.32 Å². The van der Waals surface area contributed by atoms with Crippen molar-refractivity contribution in [2.24, 2.45) is 23.2 Å². The fourth-order valence-corrected chi connectivity index (χ4v) is 6.45. The van der Waals surface area contributed by atoms with Gasteiger partial charge in [-0.3, -0.25) is 9.59 Å². The lowest BCUT2D eigenvalue weighted by molar-refractivity contribution is -0.114. The van der Waals surface area contributed by atoms with E-state index in [0.29, 0.717) is 16.2 Å². The summed E-state index contributed by atoms with van der Waals surface area (Å²) in [5.74, 6) is 2.34. The van der Waals surface area contributed by atoms with Crippen LogP contribution in [-0.2, 0) is 4.79 Å². The van der Waals surface area contributed by atoms with Gasteiger partial charge in [0.25, 0.3) is 5.91 Å². The van der Waals surface area contributed by atoms with Crippen molar-refractivity contribution in [3.8, 4) is 0 Å². The molecule has 4 aliphatic carbocycles. The molecule has 1 aromatic rings. The van der Waals surface area contributed by atoms with Crippen LogP contribution in [0.3, 0.4) is 0 Å². The molecule has 2 amide bonds. The summed E-state index contributed by atoms with van der Waals surface area (Å²) in [5, 5.41) is 8.04. The van der Waals surface area contributed by atoms with Gasteiger partial charge in [0.15, 0.2) is 5.13 Å². The van der Waals surface area contributed by atoms with Gasteiger partial charge < -0.3 is 10.6 Å². The van der Waals surface area contributed by atoms with E-state index in [-0.39, 0.29) is 17.9 Å². The lowest BCUT2D eigenvalue weighted by Crippen LogP contribution is -2.55. The number of nitrogens with one attached hydrogen (secondary N) is 2. The molecular formula is C18H25N3O2S. The minimum atomic E-state index is -0.168. The fraction of sp³-hybridized carbons (Fsp3) is 0.722. The zero-order valence-corrected chi connectivity index (χ0v) is 15.1. The highest BCUT2D eigenvalue weighted by Crippen LogP contribution is 2.61. The molecule has 0 radical (unpaired) electrons. The van der Waals surface area contributed by atoms with Crippen molar-refractivity contribution in [3.63, 3.8) is 0 Å². The fourth-order valence-electron chi connectivity index (χ4n) is 5.72. The number of hydrogen-bond donors (Lipinski definition) is 2. The van der Waals surface area contributed by atoms with Crippen LogP contribution in [0.15, 0.2) is 5.38 Å². The molecule has 1 unspecified atom stereocenters. The first kappa shape index (κ1) is 16.1. The number of amides is 2. The third-order valence-electron chi connectivity index (χ3n) is 6.37. The first-order chi connectivity index (χ1) is 11.4. The number of nitrogens with zero attached hydrogens (tertiary/aromatic N) is 1. The summed E-state index contributed by atoms with van der Waals surface area (Å²) in [6, 6.07) is 0.185. The highest BCUT2D eigenvalue weighted by molar-refractivity contribution is 7.14. The number of carbonyl (C=O) groups excluding carboxylic acids is 2. The van der Waals surface area contributed by atoms with Gasteiger partial charge in [-0.15, -0.1) is 11.3 Å². The van der Waals surface area contributed by atoms with Crippen LogP contribution in [0.5, 0.6) is 0 Å². The van der Waals surface area contributed by atoms with Gasteiger partial charge in [0.05, 0.1) is 0 Å². The zero-order valence-electron chi connectivity index (χ0n) is 14.3. The smallest absolute Gasteiger partial charge is 0.271 e. The summed E-state index contributed by atoms with van der Waals surface area (Å²) in [5.41, 5.74) is 0.696. The zero-order chi connectivity index (χ0) is 16.9. The Balaban J connectivity index is 1.44. The largest absolute Gasteiger partial charge is 0.348 e. The van der Waals surface area contributed by atoms with Gasteiger partial charge in [-0.05, 0) is 68.6 Å². The highest BCUT2D eigenvalue weighted by atomic mass is 32.1. The maximum absolute atomic E-state index is 12.6. The van der Waals surface area contributed by atoms with Crippen molar-refractivity contribution in [2.45, 2.75) is 58.4 Å². The van der Waals surface area contributed by atoms with Gasteiger partial charge in [-0.2, -0.15) is 0 Å². The molecule has 6 heteroatoms. The lowest BCUT2D eigenvalue weighted by atomic mass is 9.48. The van der Waals surface area contributed by atoms with Crippen LogP contribution in [0.25, 0.3) is 0 Å². The van der Waals surface area contributed by atoms with Crippen molar-refractivity contribution in [1.82, 2.24) is 10.3 Å². The maximum atomic E-state index is 12.6. The number of hydrogen-bond acceptors (Lipinski definition) is 4.